The van der Waals surface area contributed by atoms with Crippen LogP contribution in [-0.4, -0.2) is 34.0 Å². The van der Waals surface area contributed by atoms with Gasteiger partial charge in [0, 0.05) is 17.0 Å². The number of halogens is 1. The molecule has 1 aromatic carbocycles. The predicted molar refractivity (Wildman–Crippen MR) is 138 cm³/mol. The maximum atomic E-state index is 15.0. The van der Waals surface area contributed by atoms with Crippen molar-refractivity contribution < 1.29 is 18.7 Å². The third-order valence-corrected chi connectivity index (χ3v) is 8.89. The highest BCUT2D eigenvalue weighted by molar-refractivity contribution is 5.94. The van der Waals surface area contributed by atoms with Gasteiger partial charge in [0.25, 0.3) is 5.56 Å². The van der Waals surface area contributed by atoms with E-state index in [-0.39, 0.29) is 41.9 Å². The number of esters is 1. The first-order valence-corrected chi connectivity index (χ1v) is 13.5. The fourth-order valence-corrected chi connectivity index (χ4v) is 6.90. The van der Waals surface area contributed by atoms with Gasteiger partial charge in [0.1, 0.15) is 12.4 Å². The number of aromatic nitrogens is 2. The Balaban J connectivity index is 1.45. The first-order chi connectivity index (χ1) is 18.4. The zero-order valence-electron chi connectivity index (χ0n) is 21.4. The van der Waals surface area contributed by atoms with Gasteiger partial charge in [-0.05, 0) is 73.9 Å². The Morgan fingerprint density at radius 3 is 2.84 bits per heavy atom. The van der Waals surface area contributed by atoms with Crippen LogP contribution < -0.4 is 16.2 Å². The SMILES string of the molecule is CCC1C(=O)OCc2c1cc1n(c2=O)Cc2c-1nc1cc(F)c(C)c3c1c2C(NC(=O)C1CCCN1)CC3. The number of nitrogens with zero attached hydrogens (tertiary/aromatic N) is 2. The van der Waals surface area contributed by atoms with Crippen LogP contribution in [0.3, 0.4) is 0 Å². The molecule has 38 heavy (non-hydrogen) atoms. The molecular weight excluding hydrogens is 487 g/mol. The van der Waals surface area contributed by atoms with Gasteiger partial charge in [0.05, 0.1) is 47.0 Å². The standard InChI is InChI=1S/C29H29FN4O4/c1-3-14-16-9-23-26-17(11-34(23)28(36)18(16)12-38-29(14)37)25-20(33-27(35)21-5-4-8-31-21)7-6-15-13(2)19(30)10-22(32-26)24(15)25/h9-10,14,20-21,31H,3-8,11-12H2,1-2H3,(H,33,35). The second-order valence-electron chi connectivity index (χ2n) is 10.9. The van der Waals surface area contributed by atoms with Crippen LogP contribution in [0.5, 0.6) is 0 Å². The number of carbonyl (C=O) groups excluding carboxylic acids is 2. The zero-order chi connectivity index (χ0) is 26.3. The summed E-state index contributed by atoms with van der Waals surface area (Å²) in [6.45, 7) is 4.78. The predicted octanol–water partition coefficient (Wildman–Crippen LogP) is 3.28. The number of ether oxygens (including phenoxy) is 1. The molecular formula is C29H29FN4O4. The third kappa shape index (κ3) is 3.24. The van der Waals surface area contributed by atoms with Crippen LogP contribution in [0.15, 0.2) is 16.9 Å². The average molecular weight is 517 g/mol. The van der Waals surface area contributed by atoms with E-state index in [0.717, 1.165) is 41.5 Å². The zero-order valence-corrected chi connectivity index (χ0v) is 21.4. The summed E-state index contributed by atoms with van der Waals surface area (Å²) in [4.78, 5) is 44.2. The molecule has 3 unspecified atom stereocenters. The van der Waals surface area contributed by atoms with Crippen LogP contribution in [0.4, 0.5) is 4.39 Å². The van der Waals surface area contributed by atoms with Gasteiger partial charge in [-0.3, -0.25) is 14.4 Å². The lowest BCUT2D eigenvalue weighted by Crippen LogP contribution is -2.43. The number of hydrogen-bond acceptors (Lipinski definition) is 6. The number of pyridine rings is 2. The molecule has 196 valence electrons. The third-order valence-electron chi connectivity index (χ3n) is 8.89. The van der Waals surface area contributed by atoms with Gasteiger partial charge in [-0.25, -0.2) is 9.37 Å². The second-order valence-corrected chi connectivity index (χ2v) is 10.9. The minimum Gasteiger partial charge on any atom is -0.460 e. The second kappa shape index (κ2) is 8.46. The number of nitrogens with one attached hydrogen (secondary N) is 2. The molecule has 4 aliphatic rings. The summed E-state index contributed by atoms with van der Waals surface area (Å²) < 4.78 is 22.0. The first-order valence-electron chi connectivity index (χ1n) is 13.5. The Bertz CT molecular complexity index is 1620. The lowest BCUT2D eigenvalue weighted by atomic mass is 9.81. The Labute approximate surface area is 218 Å². The number of cyclic esters (lactones) is 1. The molecule has 3 aromatic rings. The molecule has 9 heteroatoms. The highest BCUT2D eigenvalue weighted by atomic mass is 19.1. The Morgan fingerprint density at radius 1 is 1.24 bits per heavy atom. The molecule has 3 atom stereocenters. The molecule has 0 radical (unpaired) electrons. The van der Waals surface area contributed by atoms with Crippen molar-refractivity contribution in [1.82, 2.24) is 20.2 Å². The van der Waals surface area contributed by atoms with Crippen LogP contribution in [0.25, 0.3) is 22.3 Å². The quantitative estimate of drug-likeness (QED) is 0.405. The number of carbonyl (C=O) groups is 2. The van der Waals surface area contributed by atoms with Crippen molar-refractivity contribution in [3.05, 3.63) is 61.7 Å². The van der Waals surface area contributed by atoms with E-state index in [1.54, 1.807) is 11.5 Å². The lowest BCUT2D eigenvalue weighted by molar-refractivity contribution is -0.148. The van der Waals surface area contributed by atoms with Gasteiger partial charge in [-0.1, -0.05) is 6.92 Å². The van der Waals surface area contributed by atoms with E-state index >= 15 is 4.39 Å². The molecule has 1 aliphatic carbocycles. The first kappa shape index (κ1) is 23.5. The molecule has 0 spiro atoms. The summed E-state index contributed by atoms with van der Waals surface area (Å²) in [6, 6.07) is 2.88. The van der Waals surface area contributed by atoms with Crippen LogP contribution >= 0.6 is 0 Å². The minimum atomic E-state index is -0.502. The van der Waals surface area contributed by atoms with Gasteiger partial charge in [0.2, 0.25) is 5.91 Å². The summed E-state index contributed by atoms with van der Waals surface area (Å²) in [6.07, 6.45) is 3.57. The summed E-state index contributed by atoms with van der Waals surface area (Å²) in [5, 5.41) is 7.42. The number of fused-ring (bicyclic) bond motifs is 5. The molecule has 8 nitrogen and oxygen atoms in total. The van der Waals surface area contributed by atoms with Gasteiger partial charge < -0.3 is 19.9 Å². The fraction of sp³-hybridized carbons (Fsp3) is 0.448. The number of aryl methyl sites for hydroxylation is 1. The van der Waals surface area contributed by atoms with Gasteiger partial charge >= 0.3 is 5.97 Å². The minimum absolute atomic E-state index is 0.0295. The Kier molecular flexibility index (Phi) is 5.24. The normalized spacial score (nSPS) is 23.1. The van der Waals surface area contributed by atoms with Crippen LogP contribution in [-0.2, 0) is 33.9 Å². The van der Waals surface area contributed by atoms with Gasteiger partial charge in [-0.15, -0.1) is 0 Å². The largest absolute Gasteiger partial charge is 0.460 e. The van der Waals surface area contributed by atoms with E-state index in [1.807, 2.05) is 13.0 Å². The summed E-state index contributed by atoms with van der Waals surface area (Å²) in [5.74, 6) is -1.16. The van der Waals surface area contributed by atoms with E-state index in [1.165, 1.54) is 6.07 Å². The average Bonchev–Trinajstić information content (AvgIpc) is 3.57. The number of rotatable bonds is 3. The highest BCUT2D eigenvalue weighted by Gasteiger charge is 2.38. The van der Waals surface area contributed by atoms with Gasteiger partial charge in [0.15, 0.2) is 0 Å². The van der Waals surface area contributed by atoms with E-state index in [0.29, 0.717) is 59.4 Å². The van der Waals surface area contributed by atoms with Crippen molar-refractivity contribution in [2.24, 2.45) is 0 Å². The smallest absolute Gasteiger partial charge is 0.313 e. The van der Waals surface area contributed by atoms with Gasteiger partial charge in [-0.2, -0.15) is 0 Å². The Hall–Kier alpha value is -3.59. The summed E-state index contributed by atoms with van der Waals surface area (Å²) in [5.41, 5.74) is 6.12. The molecule has 2 N–H and O–H groups in total. The molecule has 0 saturated carbocycles. The van der Waals surface area contributed by atoms with Crippen molar-refractivity contribution in [3.63, 3.8) is 0 Å². The lowest BCUT2D eigenvalue weighted by Gasteiger charge is -2.30. The number of amides is 1. The topological polar surface area (TPSA) is 102 Å². The van der Waals surface area contributed by atoms with Crippen LogP contribution in [0.2, 0.25) is 0 Å². The van der Waals surface area contributed by atoms with E-state index in [4.69, 9.17) is 9.72 Å². The molecule has 0 bridgehead atoms. The van der Waals surface area contributed by atoms with Crippen LogP contribution in [0.1, 0.15) is 77.9 Å². The summed E-state index contributed by atoms with van der Waals surface area (Å²) >= 11 is 0. The molecule has 2 aromatic heterocycles. The molecule has 7 rings (SSSR count). The maximum absolute atomic E-state index is 15.0. The van der Waals surface area contributed by atoms with E-state index < -0.39 is 5.92 Å². The molecule has 1 fully saturated rings. The monoisotopic (exact) mass is 516 g/mol. The molecule has 3 aliphatic heterocycles. The summed E-state index contributed by atoms with van der Waals surface area (Å²) in [7, 11) is 0. The van der Waals surface area contributed by atoms with E-state index in [2.05, 4.69) is 10.6 Å². The highest BCUT2D eigenvalue weighted by Crippen LogP contribution is 2.45. The van der Waals surface area contributed by atoms with E-state index in [9.17, 15) is 14.4 Å². The molecule has 1 amide bonds. The number of benzene rings is 1. The fourth-order valence-electron chi connectivity index (χ4n) is 6.90. The Morgan fingerprint density at radius 2 is 2.08 bits per heavy atom. The van der Waals surface area contributed by atoms with Crippen molar-refractivity contribution in [2.45, 2.75) is 77.1 Å². The van der Waals surface area contributed by atoms with Crippen LogP contribution in [0, 0.1) is 12.7 Å². The van der Waals surface area contributed by atoms with Crippen molar-refractivity contribution in [3.8, 4) is 11.4 Å². The molecule has 5 heterocycles. The maximum Gasteiger partial charge on any atom is 0.313 e. The van der Waals surface area contributed by atoms with Crippen molar-refractivity contribution in [1.29, 1.82) is 0 Å². The van der Waals surface area contributed by atoms with Crippen molar-refractivity contribution >= 4 is 22.8 Å². The molecule has 1 saturated heterocycles. The van der Waals surface area contributed by atoms with Crippen molar-refractivity contribution in [2.75, 3.05) is 6.54 Å². The number of hydrogen-bond donors (Lipinski definition) is 2.